The third-order valence-electron chi connectivity index (χ3n) is 8.84. The molecule has 1 aliphatic rings. The molecule has 1 saturated carbocycles. The average Bonchev–Trinajstić information content (AvgIpc) is 3.68. The number of nitrogens with one attached hydrogen (secondary N) is 2. The number of hydrogen-bond donors (Lipinski definition) is 2. The van der Waals surface area contributed by atoms with Crippen LogP contribution in [-0.2, 0) is 9.53 Å². The number of esters is 1. The normalized spacial score (nSPS) is 17.9. The van der Waals surface area contributed by atoms with Crippen molar-refractivity contribution >= 4 is 40.2 Å². The van der Waals surface area contributed by atoms with Crippen molar-refractivity contribution in [2.24, 2.45) is 17.8 Å². The van der Waals surface area contributed by atoms with E-state index in [1.165, 1.54) is 11.8 Å². The summed E-state index contributed by atoms with van der Waals surface area (Å²) in [4.78, 5) is 30.1. The zero-order valence-electron chi connectivity index (χ0n) is 27.2. The van der Waals surface area contributed by atoms with E-state index in [0.29, 0.717) is 46.6 Å². The molecule has 47 heavy (non-hydrogen) atoms. The summed E-state index contributed by atoms with van der Waals surface area (Å²) in [6, 6.07) is 22.8. The second-order valence-electron chi connectivity index (χ2n) is 12.5. The zero-order chi connectivity index (χ0) is 32.9. The number of aromatic amines is 1. The van der Waals surface area contributed by atoms with Gasteiger partial charge in [0.25, 0.3) is 0 Å². The van der Waals surface area contributed by atoms with Gasteiger partial charge in [0, 0.05) is 28.4 Å². The molecule has 2 heterocycles. The number of anilines is 1. The predicted molar refractivity (Wildman–Crippen MR) is 186 cm³/mol. The highest BCUT2D eigenvalue weighted by atomic mass is 32.2. The van der Waals surface area contributed by atoms with Crippen LogP contribution in [0.3, 0.4) is 0 Å². The number of aromatic nitrogens is 4. The summed E-state index contributed by atoms with van der Waals surface area (Å²) in [5.41, 5.74) is 3.52. The molecule has 6 rings (SSSR count). The molecule has 244 valence electrons. The minimum atomic E-state index is -0.406. The first-order valence-electron chi connectivity index (χ1n) is 16.3. The SMILES string of the molecule is CCOc1ccc(-n2c(SCC(=O)Nc3ccccc3C(=O)O[C@@H]3C[C@@H](C)CC[C@@H]3C(C)C)nnc2-c2c[nH]c3ccccc23)cc1. The molecule has 0 unspecified atom stereocenters. The molecule has 1 amide bonds. The third kappa shape index (κ3) is 7.22. The van der Waals surface area contributed by atoms with Gasteiger partial charge >= 0.3 is 5.97 Å². The number of ether oxygens (including phenoxy) is 2. The van der Waals surface area contributed by atoms with Crippen LogP contribution >= 0.6 is 11.8 Å². The second kappa shape index (κ2) is 14.5. The quantitative estimate of drug-likeness (QED) is 0.109. The molecule has 0 radical (unpaired) electrons. The number of nitrogens with zero attached hydrogens (tertiary/aromatic N) is 3. The molecule has 0 aliphatic heterocycles. The van der Waals surface area contributed by atoms with Crippen molar-refractivity contribution in [1.82, 2.24) is 19.7 Å². The number of para-hydroxylation sites is 2. The summed E-state index contributed by atoms with van der Waals surface area (Å²) < 4.78 is 13.7. The molecule has 2 N–H and O–H groups in total. The van der Waals surface area contributed by atoms with E-state index < -0.39 is 5.97 Å². The molecule has 9 nitrogen and oxygen atoms in total. The van der Waals surface area contributed by atoms with Crippen molar-refractivity contribution in [2.75, 3.05) is 17.7 Å². The van der Waals surface area contributed by atoms with Crippen molar-refractivity contribution < 1.29 is 19.1 Å². The van der Waals surface area contributed by atoms with E-state index in [1.807, 2.05) is 66.2 Å². The Kier molecular flexibility index (Phi) is 9.96. The molecule has 5 aromatic rings. The Balaban J connectivity index is 1.21. The summed E-state index contributed by atoms with van der Waals surface area (Å²) in [6.07, 6.45) is 4.85. The Morgan fingerprint density at radius 1 is 1.02 bits per heavy atom. The lowest BCUT2D eigenvalue weighted by Crippen LogP contribution is -2.36. The van der Waals surface area contributed by atoms with E-state index >= 15 is 0 Å². The standard InChI is InChI=1S/C37H41N5O4S/c1-5-45-26-17-15-25(16-18-26)42-35(30-21-38-31-12-8-6-10-28(30)31)40-41-37(42)47-22-34(43)39-32-13-9-7-11-29(32)36(44)46-33-20-24(4)14-19-27(33)23(2)3/h6-13,15-18,21,23-24,27,33,38H,5,14,19-20,22H2,1-4H3,(H,39,43)/t24-,27+,33+/m0/s1. The number of amides is 1. The van der Waals surface area contributed by atoms with Crippen molar-refractivity contribution in [2.45, 2.75) is 58.2 Å². The fourth-order valence-electron chi connectivity index (χ4n) is 6.42. The summed E-state index contributed by atoms with van der Waals surface area (Å²) >= 11 is 1.27. The lowest BCUT2D eigenvalue weighted by Gasteiger charge is -2.36. The number of benzene rings is 3. The largest absolute Gasteiger partial charge is 0.494 e. The maximum atomic E-state index is 13.4. The van der Waals surface area contributed by atoms with Gasteiger partial charge in [0.2, 0.25) is 5.91 Å². The van der Waals surface area contributed by atoms with Gasteiger partial charge in [-0.2, -0.15) is 0 Å². The Morgan fingerprint density at radius 3 is 2.57 bits per heavy atom. The van der Waals surface area contributed by atoms with Crippen LogP contribution in [-0.4, -0.2) is 50.1 Å². The summed E-state index contributed by atoms with van der Waals surface area (Å²) in [7, 11) is 0. The van der Waals surface area contributed by atoms with E-state index in [2.05, 4.69) is 41.3 Å². The van der Waals surface area contributed by atoms with Gasteiger partial charge in [-0.3, -0.25) is 9.36 Å². The smallest absolute Gasteiger partial charge is 0.340 e. The number of H-pyrrole nitrogens is 1. The number of carbonyl (C=O) groups excluding carboxylic acids is 2. The van der Waals surface area contributed by atoms with Crippen LogP contribution in [0.15, 0.2) is 84.1 Å². The molecular formula is C37H41N5O4S. The van der Waals surface area contributed by atoms with Crippen molar-refractivity contribution in [3.05, 3.63) is 84.6 Å². The molecular weight excluding hydrogens is 611 g/mol. The molecule has 0 bridgehead atoms. The van der Waals surface area contributed by atoms with Gasteiger partial charge in [0.05, 0.1) is 23.6 Å². The number of hydrogen-bond acceptors (Lipinski definition) is 7. The molecule has 0 saturated heterocycles. The van der Waals surface area contributed by atoms with E-state index in [0.717, 1.165) is 47.2 Å². The fraction of sp³-hybridized carbons (Fsp3) is 0.351. The van der Waals surface area contributed by atoms with E-state index in [9.17, 15) is 9.59 Å². The van der Waals surface area contributed by atoms with Crippen molar-refractivity contribution in [3.63, 3.8) is 0 Å². The Morgan fingerprint density at radius 2 is 1.79 bits per heavy atom. The van der Waals surface area contributed by atoms with Crippen molar-refractivity contribution in [1.29, 1.82) is 0 Å². The lowest BCUT2D eigenvalue weighted by atomic mass is 9.75. The highest BCUT2D eigenvalue weighted by molar-refractivity contribution is 7.99. The lowest BCUT2D eigenvalue weighted by molar-refractivity contribution is -0.113. The van der Waals surface area contributed by atoms with Crippen LogP contribution in [0.2, 0.25) is 0 Å². The van der Waals surface area contributed by atoms with Gasteiger partial charge < -0.3 is 19.8 Å². The molecule has 0 spiro atoms. The van der Waals surface area contributed by atoms with E-state index in [1.54, 1.807) is 24.3 Å². The Labute approximate surface area is 279 Å². The van der Waals surface area contributed by atoms with E-state index in [-0.39, 0.29) is 17.8 Å². The fourth-order valence-corrected chi connectivity index (χ4v) is 7.17. The van der Waals surface area contributed by atoms with Gasteiger partial charge in [-0.15, -0.1) is 10.2 Å². The number of thioether (sulfide) groups is 1. The van der Waals surface area contributed by atoms with Crippen LogP contribution in [0.1, 0.15) is 57.3 Å². The van der Waals surface area contributed by atoms with Crippen LogP contribution < -0.4 is 10.1 Å². The Bertz CT molecular complexity index is 1850. The topological polar surface area (TPSA) is 111 Å². The zero-order valence-corrected chi connectivity index (χ0v) is 28.0. The first-order chi connectivity index (χ1) is 22.8. The summed E-state index contributed by atoms with van der Waals surface area (Å²) in [6.45, 7) is 9.11. The summed E-state index contributed by atoms with van der Waals surface area (Å²) in [5, 5.41) is 13.6. The van der Waals surface area contributed by atoms with Gasteiger partial charge in [0.15, 0.2) is 11.0 Å². The van der Waals surface area contributed by atoms with E-state index in [4.69, 9.17) is 9.47 Å². The van der Waals surface area contributed by atoms with Gasteiger partial charge in [-0.05, 0) is 80.0 Å². The third-order valence-corrected chi connectivity index (χ3v) is 9.77. The molecule has 3 aromatic carbocycles. The van der Waals surface area contributed by atoms with Crippen LogP contribution in [0.5, 0.6) is 5.75 Å². The molecule has 10 heteroatoms. The second-order valence-corrected chi connectivity index (χ2v) is 13.4. The van der Waals surface area contributed by atoms with Gasteiger partial charge in [-0.1, -0.05) is 69.3 Å². The monoisotopic (exact) mass is 651 g/mol. The van der Waals surface area contributed by atoms with Crippen LogP contribution in [0.25, 0.3) is 28.0 Å². The molecule has 2 aromatic heterocycles. The van der Waals surface area contributed by atoms with Crippen LogP contribution in [0, 0.1) is 17.8 Å². The number of carbonyl (C=O) groups is 2. The highest BCUT2D eigenvalue weighted by Crippen LogP contribution is 2.36. The molecule has 1 fully saturated rings. The summed E-state index contributed by atoms with van der Waals surface area (Å²) in [5.74, 6) is 2.07. The first-order valence-corrected chi connectivity index (χ1v) is 17.3. The predicted octanol–water partition coefficient (Wildman–Crippen LogP) is 8.16. The maximum absolute atomic E-state index is 13.4. The molecule has 3 atom stereocenters. The van der Waals surface area contributed by atoms with Gasteiger partial charge in [0.1, 0.15) is 11.9 Å². The van der Waals surface area contributed by atoms with Gasteiger partial charge in [-0.25, -0.2) is 4.79 Å². The average molecular weight is 652 g/mol. The maximum Gasteiger partial charge on any atom is 0.340 e. The minimum absolute atomic E-state index is 0.0575. The number of rotatable bonds is 11. The Hall–Kier alpha value is -4.57. The highest BCUT2D eigenvalue weighted by Gasteiger charge is 2.34. The number of fused-ring (bicyclic) bond motifs is 1. The van der Waals surface area contributed by atoms with Crippen molar-refractivity contribution in [3.8, 4) is 22.8 Å². The minimum Gasteiger partial charge on any atom is -0.494 e. The van der Waals surface area contributed by atoms with Crippen LogP contribution in [0.4, 0.5) is 5.69 Å². The molecule has 1 aliphatic carbocycles. The first kappa shape index (κ1) is 32.4.